The largest absolute Gasteiger partial charge is 0.306 e. The Bertz CT molecular complexity index is 1210. The van der Waals surface area contributed by atoms with Gasteiger partial charge in [0.05, 0.1) is 32.4 Å². The number of aromatic nitrogens is 2. The average Bonchev–Trinajstić information content (AvgIpc) is 2.69. The van der Waals surface area contributed by atoms with Gasteiger partial charge in [0, 0.05) is 12.4 Å². The Kier molecular flexibility index (Phi) is 3.11. The van der Waals surface area contributed by atoms with Crippen LogP contribution < -0.4 is 4.90 Å². The summed E-state index contributed by atoms with van der Waals surface area (Å²) in [6.07, 6.45) is 3.29. The Morgan fingerprint density at radius 3 is 1.92 bits per heavy atom. The highest BCUT2D eigenvalue weighted by atomic mass is 32.2. The fourth-order valence-corrected chi connectivity index (χ4v) is 5.03. The molecule has 3 aromatic carbocycles. The molecule has 0 aliphatic carbocycles. The topological polar surface area (TPSA) is 63.2 Å². The molecule has 6 heteroatoms. The second-order valence-corrected chi connectivity index (χ2v) is 7.86. The Labute approximate surface area is 150 Å². The number of anilines is 3. The van der Waals surface area contributed by atoms with Gasteiger partial charge in [-0.2, -0.15) is 0 Å². The van der Waals surface area contributed by atoms with E-state index in [-0.39, 0.29) is 0 Å². The number of rotatable bonds is 1. The minimum absolute atomic E-state index is 0.291. The minimum atomic E-state index is -3.57. The Morgan fingerprint density at radius 2 is 1.23 bits per heavy atom. The van der Waals surface area contributed by atoms with E-state index in [1.165, 1.54) is 0 Å². The second kappa shape index (κ2) is 5.37. The van der Waals surface area contributed by atoms with Gasteiger partial charge >= 0.3 is 0 Å². The van der Waals surface area contributed by atoms with Gasteiger partial charge in [0.25, 0.3) is 0 Å². The van der Waals surface area contributed by atoms with Gasteiger partial charge in [0.2, 0.25) is 9.84 Å². The zero-order chi connectivity index (χ0) is 17.7. The SMILES string of the molecule is O=S1(=O)c2ccccc2N(c2cccc3nccnc23)c2ccccc21. The summed E-state index contributed by atoms with van der Waals surface area (Å²) in [5.41, 5.74) is 3.51. The lowest BCUT2D eigenvalue weighted by atomic mass is 10.1. The van der Waals surface area contributed by atoms with Crippen molar-refractivity contribution in [3.05, 3.63) is 79.1 Å². The molecule has 0 saturated carbocycles. The number of sulfone groups is 1. The van der Waals surface area contributed by atoms with Crippen molar-refractivity contribution in [2.45, 2.75) is 9.79 Å². The van der Waals surface area contributed by atoms with Crippen LogP contribution in [0.5, 0.6) is 0 Å². The molecule has 0 atom stereocenters. The molecule has 126 valence electrons. The number of hydrogen-bond acceptors (Lipinski definition) is 5. The fourth-order valence-electron chi connectivity index (χ4n) is 3.40. The van der Waals surface area contributed by atoms with Crippen molar-refractivity contribution in [3.63, 3.8) is 0 Å². The lowest BCUT2D eigenvalue weighted by Gasteiger charge is -2.33. The molecule has 0 radical (unpaired) electrons. The Balaban J connectivity index is 1.91. The third-order valence-electron chi connectivity index (χ3n) is 4.51. The number of fused-ring (bicyclic) bond motifs is 3. The Morgan fingerprint density at radius 1 is 0.654 bits per heavy atom. The maximum Gasteiger partial charge on any atom is 0.210 e. The summed E-state index contributed by atoms with van der Waals surface area (Å²) in [5.74, 6) is 0. The van der Waals surface area contributed by atoms with E-state index < -0.39 is 9.84 Å². The lowest BCUT2D eigenvalue weighted by molar-refractivity contribution is 0.595. The zero-order valence-electron chi connectivity index (χ0n) is 13.6. The summed E-state index contributed by atoms with van der Waals surface area (Å²) in [6.45, 7) is 0. The van der Waals surface area contributed by atoms with E-state index in [1.54, 1.807) is 36.7 Å². The van der Waals surface area contributed by atoms with Crippen LogP contribution in [0.25, 0.3) is 11.0 Å². The van der Waals surface area contributed by atoms with Gasteiger partial charge in [-0.15, -0.1) is 0 Å². The molecule has 1 aromatic heterocycles. The molecule has 0 amide bonds. The minimum Gasteiger partial charge on any atom is -0.306 e. The van der Waals surface area contributed by atoms with Crippen LogP contribution in [-0.4, -0.2) is 18.4 Å². The molecule has 26 heavy (non-hydrogen) atoms. The number of para-hydroxylation sites is 3. The maximum atomic E-state index is 13.1. The standard InChI is InChI=1S/C20H13N3O2S/c24-26(25)18-10-3-1-7-15(18)23(16-8-2-4-11-19(16)26)17-9-5-6-14-20(17)22-13-12-21-14/h1-13H. The highest BCUT2D eigenvalue weighted by molar-refractivity contribution is 7.92. The first kappa shape index (κ1) is 15.0. The quantitative estimate of drug-likeness (QED) is 0.448. The lowest BCUT2D eigenvalue weighted by Crippen LogP contribution is -2.22. The monoisotopic (exact) mass is 359 g/mol. The third kappa shape index (κ3) is 1.99. The van der Waals surface area contributed by atoms with Crippen LogP contribution in [0.4, 0.5) is 17.1 Å². The van der Waals surface area contributed by atoms with E-state index in [0.717, 1.165) is 16.7 Å². The van der Waals surface area contributed by atoms with Crippen LogP contribution in [0.1, 0.15) is 0 Å². The zero-order valence-corrected chi connectivity index (χ0v) is 14.4. The van der Waals surface area contributed by atoms with E-state index in [0.29, 0.717) is 21.2 Å². The summed E-state index contributed by atoms with van der Waals surface area (Å²) >= 11 is 0. The fraction of sp³-hybridized carbons (Fsp3) is 0. The summed E-state index contributed by atoms with van der Waals surface area (Å²) in [6, 6.07) is 19.8. The summed E-state index contributed by atoms with van der Waals surface area (Å²) < 4.78 is 26.2. The van der Waals surface area contributed by atoms with Crippen molar-refractivity contribution in [2.75, 3.05) is 4.90 Å². The molecule has 1 aliphatic rings. The molecule has 5 nitrogen and oxygen atoms in total. The highest BCUT2D eigenvalue weighted by Gasteiger charge is 2.35. The molecule has 0 N–H and O–H groups in total. The number of hydrogen-bond donors (Lipinski definition) is 0. The molecular formula is C20H13N3O2S. The Hall–Kier alpha value is -3.25. The summed E-state index contributed by atoms with van der Waals surface area (Å²) in [5, 5.41) is 0. The molecule has 0 spiro atoms. The molecule has 0 saturated heterocycles. The second-order valence-electron chi connectivity index (χ2n) is 5.98. The van der Waals surface area contributed by atoms with Crippen molar-refractivity contribution >= 4 is 37.9 Å². The van der Waals surface area contributed by atoms with Crippen molar-refractivity contribution in [1.82, 2.24) is 9.97 Å². The number of nitrogens with zero attached hydrogens (tertiary/aromatic N) is 3. The predicted octanol–water partition coefficient (Wildman–Crippen LogP) is 4.25. The smallest absolute Gasteiger partial charge is 0.210 e. The molecule has 0 fully saturated rings. The van der Waals surface area contributed by atoms with Crippen LogP contribution in [0, 0.1) is 0 Å². The van der Waals surface area contributed by atoms with E-state index in [9.17, 15) is 8.42 Å². The predicted molar refractivity (Wildman–Crippen MR) is 99.7 cm³/mol. The summed E-state index contributed by atoms with van der Waals surface area (Å²) in [4.78, 5) is 11.4. The van der Waals surface area contributed by atoms with E-state index in [1.807, 2.05) is 47.4 Å². The molecule has 1 aliphatic heterocycles. The average molecular weight is 359 g/mol. The molecule has 0 bridgehead atoms. The first-order valence-electron chi connectivity index (χ1n) is 8.11. The van der Waals surface area contributed by atoms with E-state index >= 15 is 0 Å². The molecule has 4 aromatic rings. The normalized spacial score (nSPS) is 14.7. The van der Waals surface area contributed by atoms with Gasteiger partial charge in [0.1, 0.15) is 5.52 Å². The van der Waals surface area contributed by atoms with Gasteiger partial charge in [-0.05, 0) is 36.4 Å². The molecule has 2 heterocycles. The van der Waals surface area contributed by atoms with Crippen LogP contribution in [-0.2, 0) is 9.84 Å². The van der Waals surface area contributed by atoms with Crippen molar-refractivity contribution < 1.29 is 8.42 Å². The highest BCUT2D eigenvalue weighted by Crippen LogP contribution is 2.48. The molecular weight excluding hydrogens is 346 g/mol. The summed E-state index contributed by atoms with van der Waals surface area (Å²) in [7, 11) is -3.57. The van der Waals surface area contributed by atoms with Crippen molar-refractivity contribution in [1.29, 1.82) is 0 Å². The van der Waals surface area contributed by atoms with Crippen LogP contribution in [0.3, 0.4) is 0 Å². The van der Waals surface area contributed by atoms with Crippen LogP contribution in [0.2, 0.25) is 0 Å². The van der Waals surface area contributed by atoms with Crippen LogP contribution >= 0.6 is 0 Å². The first-order chi connectivity index (χ1) is 12.7. The first-order valence-corrected chi connectivity index (χ1v) is 9.59. The van der Waals surface area contributed by atoms with Gasteiger partial charge in [-0.25, -0.2) is 8.42 Å². The van der Waals surface area contributed by atoms with Gasteiger partial charge in [-0.3, -0.25) is 9.97 Å². The van der Waals surface area contributed by atoms with Crippen LogP contribution in [0.15, 0.2) is 88.9 Å². The van der Waals surface area contributed by atoms with Gasteiger partial charge in [-0.1, -0.05) is 30.3 Å². The van der Waals surface area contributed by atoms with E-state index in [4.69, 9.17) is 0 Å². The van der Waals surface area contributed by atoms with E-state index in [2.05, 4.69) is 9.97 Å². The van der Waals surface area contributed by atoms with Gasteiger partial charge in [0.15, 0.2) is 0 Å². The molecule has 0 unspecified atom stereocenters. The maximum absolute atomic E-state index is 13.1. The van der Waals surface area contributed by atoms with Gasteiger partial charge < -0.3 is 4.90 Å². The third-order valence-corrected chi connectivity index (χ3v) is 6.36. The van der Waals surface area contributed by atoms with Crippen molar-refractivity contribution in [2.24, 2.45) is 0 Å². The molecule has 5 rings (SSSR count). The number of benzene rings is 3. The van der Waals surface area contributed by atoms with Crippen molar-refractivity contribution in [3.8, 4) is 0 Å².